The number of amides is 1. The SMILES string of the molecule is CCOC(=O)[C@H]1OC(C)=C[C@H]2C(=O)N(Cc3ccccc3)[C@@H](CC(=O)OCc3ccccc3)[C@H]12. The maximum absolute atomic E-state index is 13.5. The van der Waals surface area contributed by atoms with Gasteiger partial charge in [-0.05, 0) is 31.1 Å². The second kappa shape index (κ2) is 10.5. The molecule has 2 aromatic rings. The zero-order valence-electron chi connectivity index (χ0n) is 19.4. The third kappa shape index (κ3) is 5.14. The summed E-state index contributed by atoms with van der Waals surface area (Å²) >= 11 is 0. The number of benzene rings is 2. The Morgan fingerprint density at radius 1 is 0.971 bits per heavy atom. The molecule has 2 heterocycles. The highest BCUT2D eigenvalue weighted by Gasteiger charge is 2.56. The van der Waals surface area contributed by atoms with Crippen molar-refractivity contribution < 1.29 is 28.6 Å². The van der Waals surface area contributed by atoms with E-state index in [1.54, 1.807) is 24.8 Å². The summed E-state index contributed by atoms with van der Waals surface area (Å²) in [6.45, 7) is 4.11. The molecule has 0 N–H and O–H groups in total. The quantitative estimate of drug-likeness (QED) is 0.556. The molecule has 0 aromatic heterocycles. The number of likely N-dealkylation sites (tertiary alicyclic amines) is 1. The fourth-order valence-corrected chi connectivity index (χ4v) is 4.73. The number of nitrogens with zero attached hydrogens (tertiary/aromatic N) is 1. The molecular weight excluding hydrogens is 434 g/mol. The molecule has 1 fully saturated rings. The molecule has 2 aliphatic heterocycles. The van der Waals surface area contributed by atoms with Crippen molar-refractivity contribution in [2.45, 2.75) is 45.6 Å². The van der Waals surface area contributed by atoms with Crippen LogP contribution < -0.4 is 0 Å². The lowest BCUT2D eigenvalue weighted by Gasteiger charge is -2.34. The molecule has 4 atom stereocenters. The fourth-order valence-electron chi connectivity index (χ4n) is 4.73. The Morgan fingerprint density at radius 2 is 1.62 bits per heavy atom. The first-order valence-corrected chi connectivity index (χ1v) is 11.5. The van der Waals surface area contributed by atoms with Crippen molar-refractivity contribution >= 4 is 17.8 Å². The van der Waals surface area contributed by atoms with E-state index in [2.05, 4.69) is 0 Å². The minimum Gasteiger partial charge on any atom is -0.483 e. The lowest BCUT2D eigenvalue weighted by molar-refractivity contribution is -0.161. The van der Waals surface area contributed by atoms with Gasteiger partial charge in [-0.15, -0.1) is 0 Å². The highest BCUT2D eigenvalue weighted by molar-refractivity contribution is 5.88. The molecule has 0 spiro atoms. The number of ether oxygens (including phenoxy) is 3. The fraction of sp³-hybridized carbons (Fsp3) is 0.370. The van der Waals surface area contributed by atoms with Crippen LogP contribution in [0.15, 0.2) is 72.5 Å². The van der Waals surface area contributed by atoms with Gasteiger partial charge in [0.2, 0.25) is 12.0 Å². The van der Waals surface area contributed by atoms with Gasteiger partial charge in [0.25, 0.3) is 0 Å². The van der Waals surface area contributed by atoms with E-state index in [9.17, 15) is 14.4 Å². The van der Waals surface area contributed by atoms with Crippen LogP contribution in [0.5, 0.6) is 0 Å². The Labute approximate surface area is 199 Å². The van der Waals surface area contributed by atoms with Crippen molar-refractivity contribution in [3.8, 4) is 0 Å². The van der Waals surface area contributed by atoms with Crippen molar-refractivity contribution in [1.29, 1.82) is 0 Å². The maximum Gasteiger partial charge on any atom is 0.347 e. The van der Waals surface area contributed by atoms with Gasteiger partial charge in [0.05, 0.1) is 30.7 Å². The number of esters is 2. The van der Waals surface area contributed by atoms with Gasteiger partial charge in [-0.3, -0.25) is 9.59 Å². The normalized spacial score (nSPS) is 23.5. The van der Waals surface area contributed by atoms with E-state index in [4.69, 9.17) is 14.2 Å². The zero-order valence-corrected chi connectivity index (χ0v) is 19.4. The molecule has 178 valence electrons. The molecule has 0 saturated carbocycles. The van der Waals surface area contributed by atoms with Gasteiger partial charge >= 0.3 is 11.9 Å². The van der Waals surface area contributed by atoms with Gasteiger partial charge < -0.3 is 19.1 Å². The van der Waals surface area contributed by atoms with Gasteiger partial charge in [0.1, 0.15) is 6.61 Å². The highest BCUT2D eigenvalue weighted by Crippen LogP contribution is 2.42. The van der Waals surface area contributed by atoms with Crippen molar-refractivity contribution in [1.82, 2.24) is 4.90 Å². The molecule has 0 bridgehead atoms. The van der Waals surface area contributed by atoms with Gasteiger partial charge in [-0.25, -0.2) is 4.79 Å². The highest BCUT2D eigenvalue weighted by atomic mass is 16.6. The van der Waals surface area contributed by atoms with Crippen molar-refractivity contribution in [3.63, 3.8) is 0 Å². The largest absolute Gasteiger partial charge is 0.483 e. The molecule has 2 aliphatic rings. The molecule has 0 aliphatic carbocycles. The molecule has 1 amide bonds. The molecule has 1 saturated heterocycles. The van der Waals surface area contributed by atoms with Gasteiger partial charge in [-0.2, -0.15) is 0 Å². The van der Waals surface area contributed by atoms with Gasteiger partial charge in [0, 0.05) is 12.5 Å². The number of hydrogen-bond acceptors (Lipinski definition) is 6. The number of allylic oxidation sites excluding steroid dienone is 1. The molecular formula is C27H29NO6. The summed E-state index contributed by atoms with van der Waals surface area (Å²) in [5, 5.41) is 0. The van der Waals surface area contributed by atoms with Crippen LogP contribution in [-0.2, 0) is 41.7 Å². The van der Waals surface area contributed by atoms with E-state index in [-0.39, 0.29) is 25.5 Å². The van der Waals surface area contributed by atoms with Crippen LogP contribution in [-0.4, -0.2) is 41.5 Å². The van der Waals surface area contributed by atoms with Crippen molar-refractivity contribution in [3.05, 3.63) is 83.6 Å². The van der Waals surface area contributed by atoms with Crippen LogP contribution in [0.25, 0.3) is 0 Å². The second-order valence-corrected chi connectivity index (χ2v) is 8.54. The summed E-state index contributed by atoms with van der Waals surface area (Å²) in [6, 6.07) is 18.4. The molecule has 4 rings (SSSR count). The predicted molar refractivity (Wildman–Crippen MR) is 124 cm³/mol. The van der Waals surface area contributed by atoms with Gasteiger partial charge in [-0.1, -0.05) is 60.7 Å². The van der Waals surface area contributed by atoms with Crippen molar-refractivity contribution in [2.24, 2.45) is 11.8 Å². The van der Waals surface area contributed by atoms with E-state index in [0.717, 1.165) is 11.1 Å². The monoisotopic (exact) mass is 463 g/mol. The van der Waals surface area contributed by atoms with Crippen molar-refractivity contribution in [2.75, 3.05) is 6.61 Å². The molecule has 7 heteroatoms. The summed E-state index contributed by atoms with van der Waals surface area (Å²) in [7, 11) is 0. The Balaban J connectivity index is 1.60. The summed E-state index contributed by atoms with van der Waals surface area (Å²) in [6.07, 6.45) is 0.737. The molecule has 2 aromatic carbocycles. The molecule has 0 unspecified atom stereocenters. The van der Waals surface area contributed by atoms with Crippen LogP contribution in [0.4, 0.5) is 0 Å². The molecule has 34 heavy (non-hydrogen) atoms. The summed E-state index contributed by atoms with van der Waals surface area (Å²) in [5.74, 6) is -1.72. The smallest absolute Gasteiger partial charge is 0.347 e. The minimum absolute atomic E-state index is 0.0429. The first-order valence-electron chi connectivity index (χ1n) is 11.5. The van der Waals surface area contributed by atoms with Crippen LogP contribution in [0.2, 0.25) is 0 Å². The summed E-state index contributed by atoms with van der Waals surface area (Å²) in [5.41, 5.74) is 1.81. The predicted octanol–water partition coefficient (Wildman–Crippen LogP) is 3.63. The first-order chi connectivity index (χ1) is 16.5. The third-order valence-electron chi connectivity index (χ3n) is 6.24. The van der Waals surface area contributed by atoms with E-state index in [0.29, 0.717) is 12.3 Å². The number of carbonyl (C=O) groups excluding carboxylic acids is 3. The topological polar surface area (TPSA) is 82.1 Å². The van der Waals surface area contributed by atoms with E-state index in [1.165, 1.54) is 0 Å². The Hall–Kier alpha value is -3.61. The number of rotatable bonds is 8. The average molecular weight is 464 g/mol. The standard InChI is InChI=1S/C27H29NO6/c1-3-32-27(31)25-24-21(14-18(2)34-25)26(30)28(16-19-10-6-4-7-11-19)22(24)15-23(29)33-17-20-12-8-5-9-13-20/h4-14,21-22,24-25H,3,15-17H2,1-2H3/t21-,22+,24-,25+/m1/s1. The van der Waals surface area contributed by atoms with Gasteiger partial charge in [0.15, 0.2) is 0 Å². The van der Waals surface area contributed by atoms with E-state index in [1.807, 2.05) is 60.7 Å². The zero-order chi connectivity index (χ0) is 24.1. The third-order valence-corrected chi connectivity index (χ3v) is 6.24. The minimum atomic E-state index is -0.966. The Kier molecular flexibility index (Phi) is 7.30. The summed E-state index contributed by atoms with van der Waals surface area (Å²) in [4.78, 5) is 40.9. The lowest BCUT2D eigenvalue weighted by atomic mass is 9.82. The Morgan fingerprint density at radius 3 is 2.26 bits per heavy atom. The van der Waals surface area contributed by atoms with Crippen LogP contribution in [0.3, 0.4) is 0 Å². The maximum atomic E-state index is 13.5. The average Bonchev–Trinajstić information content (AvgIpc) is 3.09. The summed E-state index contributed by atoms with van der Waals surface area (Å²) < 4.78 is 16.6. The number of fused-ring (bicyclic) bond motifs is 1. The second-order valence-electron chi connectivity index (χ2n) is 8.54. The van der Waals surface area contributed by atoms with E-state index >= 15 is 0 Å². The van der Waals surface area contributed by atoms with Crippen LogP contribution in [0, 0.1) is 11.8 Å². The van der Waals surface area contributed by atoms with E-state index < -0.39 is 35.9 Å². The molecule has 7 nitrogen and oxygen atoms in total. The van der Waals surface area contributed by atoms with Crippen LogP contribution in [0.1, 0.15) is 31.4 Å². The van der Waals surface area contributed by atoms with Crippen LogP contribution >= 0.6 is 0 Å². The number of carbonyl (C=O) groups is 3. The lowest BCUT2D eigenvalue weighted by Crippen LogP contribution is -2.45. The number of hydrogen-bond donors (Lipinski definition) is 0. The first kappa shape index (κ1) is 23.5. The Bertz CT molecular complexity index is 1050. The molecule has 0 radical (unpaired) electrons.